The summed E-state index contributed by atoms with van der Waals surface area (Å²) in [5.74, 6) is 1.67. The fourth-order valence-electron chi connectivity index (χ4n) is 3.89. The van der Waals surface area contributed by atoms with E-state index in [1.807, 2.05) is 6.07 Å². The van der Waals surface area contributed by atoms with Crippen LogP contribution in [0.3, 0.4) is 0 Å². The van der Waals surface area contributed by atoms with Crippen molar-refractivity contribution in [2.75, 3.05) is 47.2 Å². The van der Waals surface area contributed by atoms with Crippen LogP contribution in [0.25, 0.3) is 10.9 Å². The second-order valence-corrected chi connectivity index (χ2v) is 8.26. The van der Waals surface area contributed by atoms with Crippen LogP contribution in [-0.2, 0) is 4.79 Å². The lowest BCUT2D eigenvalue weighted by Gasteiger charge is -2.21. The molecule has 2 heterocycles. The molecule has 180 valence electrons. The minimum atomic E-state index is -0.620. The van der Waals surface area contributed by atoms with Gasteiger partial charge in [0.1, 0.15) is 24.0 Å². The maximum Gasteiger partial charge on any atom is 0.239 e. The minimum Gasteiger partial charge on any atom is -0.495 e. The summed E-state index contributed by atoms with van der Waals surface area (Å²) >= 11 is 6.27. The number of rotatable bonds is 7. The Hall–Kier alpha value is -3.30. The summed E-state index contributed by atoms with van der Waals surface area (Å²) in [6.07, 6.45) is 1.38. The standard InChI is InChI=1S/C24H28ClN5O4/c1-29(2)24(31)19-9-15(12-30(19)3)34-22-10-16-18(11-21(22)33-5)26-13-27-23(16)28-14-6-7-20(32-4)17(25)8-14/h6-8,10-11,13,15,19H,9,12H2,1-5H3,(H,26,27,28)/t15-,19-/m0/s1/i1D,2D,3D. The van der Waals surface area contributed by atoms with Gasteiger partial charge < -0.3 is 24.4 Å². The molecule has 1 aromatic heterocycles. The number of amides is 1. The molecule has 1 saturated heterocycles. The van der Waals surface area contributed by atoms with Gasteiger partial charge in [0.15, 0.2) is 11.5 Å². The largest absolute Gasteiger partial charge is 0.495 e. The van der Waals surface area contributed by atoms with Gasteiger partial charge in [-0.15, -0.1) is 0 Å². The zero-order valence-corrected chi connectivity index (χ0v) is 19.7. The lowest BCUT2D eigenvalue weighted by molar-refractivity contribution is -0.133. The quantitative estimate of drug-likeness (QED) is 0.539. The Kier molecular flexibility index (Phi) is 5.86. The van der Waals surface area contributed by atoms with E-state index in [4.69, 9.17) is 29.9 Å². The van der Waals surface area contributed by atoms with Crippen LogP contribution in [-0.4, -0.2) is 79.7 Å². The topological polar surface area (TPSA) is 89.0 Å². The summed E-state index contributed by atoms with van der Waals surface area (Å²) in [5.41, 5.74) is 1.34. The number of halogens is 1. The Morgan fingerprint density at radius 1 is 1.18 bits per heavy atom. The smallest absolute Gasteiger partial charge is 0.239 e. The van der Waals surface area contributed by atoms with Crippen LogP contribution in [0.2, 0.25) is 5.02 Å². The third-order valence-electron chi connectivity index (χ3n) is 5.59. The summed E-state index contributed by atoms with van der Waals surface area (Å²) in [6, 6.07) is 8.22. The van der Waals surface area contributed by atoms with Crippen molar-refractivity contribution in [3.63, 3.8) is 0 Å². The van der Waals surface area contributed by atoms with Crippen LogP contribution >= 0.6 is 11.6 Å². The predicted octanol–water partition coefficient (Wildman–Crippen LogP) is 3.58. The van der Waals surface area contributed by atoms with Crippen LogP contribution in [0, 0.1) is 0 Å². The summed E-state index contributed by atoms with van der Waals surface area (Å²) in [7, 11) is 2.38. The van der Waals surface area contributed by atoms with Crippen molar-refractivity contribution in [1.82, 2.24) is 19.8 Å². The van der Waals surface area contributed by atoms with Gasteiger partial charge in [-0.05, 0) is 31.3 Å². The van der Waals surface area contributed by atoms with Gasteiger partial charge in [-0.1, -0.05) is 11.6 Å². The van der Waals surface area contributed by atoms with Crippen molar-refractivity contribution in [3.05, 3.63) is 41.7 Å². The molecule has 10 heteroatoms. The van der Waals surface area contributed by atoms with Gasteiger partial charge >= 0.3 is 0 Å². The molecule has 4 rings (SSSR count). The molecule has 1 amide bonds. The zero-order chi connectivity index (χ0) is 26.5. The van der Waals surface area contributed by atoms with E-state index in [0.29, 0.717) is 57.6 Å². The average Bonchev–Trinajstić information content (AvgIpc) is 3.32. The normalized spacial score (nSPS) is 19.2. The number of aromatic nitrogens is 2. The van der Waals surface area contributed by atoms with Gasteiger partial charge in [0.05, 0.1) is 30.8 Å². The molecular formula is C24H28ClN5O4. The molecule has 0 radical (unpaired) electrons. The number of nitrogens with one attached hydrogen (secondary N) is 1. The number of benzene rings is 2. The Bertz CT molecular complexity index is 1270. The number of ether oxygens (including phenoxy) is 3. The molecule has 0 aliphatic carbocycles. The number of carbonyl (C=O) groups is 1. The van der Waals surface area contributed by atoms with Crippen LogP contribution < -0.4 is 19.5 Å². The Morgan fingerprint density at radius 3 is 2.71 bits per heavy atom. The molecule has 1 aliphatic heterocycles. The van der Waals surface area contributed by atoms with E-state index in [1.165, 1.54) is 13.4 Å². The molecule has 3 aromatic rings. The Morgan fingerprint density at radius 2 is 2.00 bits per heavy atom. The molecular weight excluding hydrogens is 458 g/mol. The number of likely N-dealkylation sites (tertiary alicyclic amines) is 1. The second kappa shape index (κ2) is 9.90. The second-order valence-electron chi connectivity index (χ2n) is 7.86. The van der Waals surface area contributed by atoms with Crippen molar-refractivity contribution >= 4 is 39.9 Å². The molecule has 0 saturated carbocycles. The van der Waals surface area contributed by atoms with E-state index >= 15 is 0 Å². The predicted molar refractivity (Wildman–Crippen MR) is 132 cm³/mol. The highest BCUT2D eigenvalue weighted by molar-refractivity contribution is 6.32. The van der Waals surface area contributed by atoms with E-state index < -0.39 is 12.1 Å². The van der Waals surface area contributed by atoms with Crippen LogP contribution in [0.15, 0.2) is 36.7 Å². The van der Waals surface area contributed by atoms with E-state index in [1.54, 1.807) is 36.3 Å². The van der Waals surface area contributed by atoms with Gasteiger partial charge in [0.2, 0.25) is 5.91 Å². The minimum absolute atomic E-state index is 0.0959. The molecule has 2 aromatic carbocycles. The fraction of sp³-hybridized carbons (Fsp3) is 0.375. The molecule has 0 unspecified atom stereocenters. The number of fused-ring (bicyclic) bond motifs is 1. The molecule has 0 bridgehead atoms. The number of carbonyl (C=O) groups excluding carboxylic acids is 1. The summed E-state index contributed by atoms with van der Waals surface area (Å²) in [6.45, 7) is 0.353. The maximum absolute atomic E-state index is 12.8. The molecule has 1 N–H and O–H groups in total. The third-order valence-corrected chi connectivity index (χ3v) is 5.89. The van der Waals surface area contributed by atoms with E-state index in [-0.39, 0.29) is 27.0 Å². The highest BCUT2D eigenvalue weighted by atomic mass is 35.5. The Balaban J connectivity index is 1.61. The third kappa shape index (κ3) is 4.80. The van der Waals surface area contributed by atoms with Gasteiger partial charge in [-0.3, -0.25) is 9.69 Å². The lowest BCUT2D eigenvalue weighted by atomic mass is 10.1. The molecule has 2 atom stereocenters. The van der Waals surface area contributed by atoms with E-state index in [2.05, 4.69) is 15.3 Å². The molecule has 34 heavy (non-hydrogen) atoms. The molecule has 1 aliphatic rings. The van der Waals surface area contributed by atoms with Gasteiger partial charge in [-0.25, -0.2) is 9.97 Å². The highest BCUT2D eigenvalue weighted by Crippen LogP contribution is 2.37. The average molecular weight is 489 g/mol. The monoisotopic (exact) mass is 488 g/mol. The lowest BCUT2D eigenvalue weighted by Crippen LogP contribution is -2.40. The van der Waals surface area contributed by atoms with E-state index in [0.717, 1.165) is 4.90 Å². The van der Waals surface area contributed by atoms with E-state index in [9.17, 15) is 4.79 Å². The number of anilines is 2. The molecule has 9 nitrogen and oxygen atoms in total. The maximum atomic E-state index is 12.8. The zero-order valence-electron chi connectivity index (χ0n) is 22.0. The number of nitrogens with zero attached hydrogens (tertiary/aromatic N) is 4. The number of hydrogen-bond acceptors (Lipinski definition) is 8. The van der Waals surface area contributed by atoms with Gasteiger partial charge in [0, 0.05) is 48.3 Å². The first-order valence-corrected chi connectivity index (χ1v) is 10.8. The SMILES string of the molecule is [2H]CN(C[2H])C(=O)[C@@H]1C[C@H](Oc2cc3c(Nc4ccc(OC)c(Cl)c4)ncnc3cc2OC)CN1C[2H]. The van der Waals surface area contributed by atoms with Crippen molar-refractivity contribution in [2.45, 2.75) is 18.6 Å². The number of methoxy groups -OCH3 is 2. The first kappa shape index (κ1) is 20.1. The van der Waals surface area contributed by atoms with Crippen molar-refractivity contribution in [1.29, 1.82) is 0 Å². The van der Waals surface area contributed by atoms with Crippen LogP contribution in [0.1, 0.15) is 10.5 Å². The number of hydrogen-bond donors (Lipinski definition) is 1. The first-order chi connectivity index (χ1) is 17.9. The van der Waals surface area contributed by atoms with Crippen LogP contribution in [0.5, 0.6) is 17.2 Å². The molecule has 1 fully saturated rings. The molecule has 0 spiro atoms. The summed E-state index contributed by atoms with van der Waals surface area (Å²) in [4.78, 5) is 24.4. The van der Waals surface area contributed by atoms with Crippen molar-refractivity contribution < 1.29 is 23.1 Å². The van der Waals surface area contributed by atoms with Crippen molar-refractivity contribution in [3.8, 4) is 17.2 Å². The Labute approximate surface area is 207 Å². The van der Waals surface area contributed by atoms with Gasteiger partial charge in [0.25, 0.3) is 0 Å². The van der Waals surface area contributed by atoms with Crippen LogP contribution in [0.4, 0.5) is 11.5 Å². The highest BCUT2D eigenvalue weighted by Gasteiger charge is 2.36. The number of likely N-dealkylation sites (N-methyl/N-ethyl adjacent to an activating group) is 2. The first-order valence-electron chi connectivity index (χ1n) is 12.5. The van der Waals surface area contributed by atoms with Gasteiger partial charge in [-0.2, -0.15) is 0 Å². The van der Waals surface area contributed by atoms with Crippen molar-refractivity contribution in [2.24, 2.45) is 0 Å². The summed E-state index contributed by atoms with van der Waals surface area (Å²) < 4.78 is 39.9. The summed E-state index contributed by atoms with van der Waals surface area (Å²) in [5, 5.41) is 4.39. The fourth-order valence-corrected chi connectivity index (χ4v) is 4.15.